The Bertz CT molecular complexity index is 538. The molecule has 0 spiro atoms. The molecular weight excluding hydrogens is 308 g/mol. The van der Waals surface area contributed by atoms with Crippen LogP contribution in [0.5, 0.6) is 0 Å². The van der Waals surface area contributed by atoms with E-state index in [4.69, 9.17) is 5.73 Å². The molecule has 2 aliphatic rings. The van der Waals surface area contributed by atoms with Gasteiger partial charge in [-0.1, -0.05) is 49.1 Å². The summed E-state index contributed by atoms with van der Waals surface area (Å²) in [5, 5.41) is 3.42. The van der Waals surface area contributed by atoms with Crippen LogP contribution in [0.2, 0.25) is 0 Å². The molecule has 1 aliphatic carbocycles. The number of guanidine groups is 1. The molecule has 0 amide bonds. The van der Waals surface area contributed by atoms with E-state index in [2.05, 4.69) is 46.4 Å². The van der Waals surface area contributed by atoms with E-state index >= 15 is 0 Å². The minimum absolute atomic E-state index is 0.550. The van der Waals surface area contributed by atoms with Crippen LogP contribution in [0, 0.1) is 12.8 Å². The van der Waals surface area contributed by atoms with Gasteiger partial charge in [0.05, 0.1) is 0 Å². The molecule has 1 aliphatic heterocycles. The lowest BCUT2D eigenvalue weighted by Gasteiger charge is -2.31. The van der Waals surface area contributed by atoms with E-state index in [0.717, 1.165) is 13.1 Å². The van der Waals surface area contributed by atoms with Gasteiger partial charge in [0.2, 0.25) is 0 Å². The summed E-state index contributed by atoms with van der Waals surface area (Å²) in [6.07, 6.45) is 8.96. The zero-order valence-electron chi connectivity index (χ0n) is 15.7. The Labute approximate surface area is 152 Å². The molecule has 1 saturated heterocycles. The molecule has 3 rings (SSSR count). The van der Waals surface area contributed by atoms with E-state index in [1.807, 2.05) is 0 Å². The standard InChI is InChI=1S/C21H34N4/c1-17-7-9-19(10-8-17)16-25-13-11-18(12-14-25)15-23-21(22)24-20-5-3-2-4-6-20/h7-10,18,20H,2-6,11-16H2,1H3,(H3,22,23,24). The number of piperidine rings is 1. The van der Waals surface area contributed by atoms with Crippen LogP contribution in [0.3, 0.4) is 0 Å². The second-order valence-corrected chi connectivity index (χ2v) is 7.91. The molecule has 0 radical (unpaired) electrons. The molecule has 4 nitrogen and oxygen atoms in total. The van der Waals surface area contributed by atoms with Crippen molar-refractivity contribution in [1.82, 2.24) is 10.2 Å². The van der Waals surface area contributed by atoms with Crippen molar-refractivity contribution in [3.63, 3.8) is 0 Å². The van der Waals surface area contributed by atoms with Crippen LogP contribution in [0.1, 0.15) is 56.1 Å². The van der Waals surface area contributed by atoms with Crippen molar-refractivity contribution in [3.8, 4) is 0 Å². The summed E-state index contributed by atoms with van der Waals surface area (Å²) in [4.78, 5) is 7.19. The van der Waals surface area contributed by atoms with Crippen LogP contribution in [0.25, 0.3) is 0 Å². The summed E-state index contributed by atoms with van der Waals surface area (Å²) in [5.41, 5.74) is 8.84. The molecule has 138 valence electrons. The van der Waals surface area contributed by atoms with Crippen LogP contribution in [-0.4, -0.2) is 36.5 Å². The summed E-state index contributed by atoms with van der Waals surface area (Å²) < 4.78 is 0. The zero-order valence-corrected chi connectivity index (χ0v) is 15.7. The van der Waals surface area contributed by atoms with E-state index in [-0.39, 0.29) is 0 Å². The van der Waals surface area contributed by atoms with E-state index in [9.17, 15) is 0 Å². The molecule has 3 N–H and O–H groups in total. The molecule has 4 heteroatoms. The fourth-order valence-electron chi connectivity index (χ4n) is 4.01. The van der Waals surface area contributed by atoms with Gasteiger partial charge < -0.3 is 11.1 Å². The average molecular weight is 343 g/mol. The quantitative estimate of drug-likeness (QED) is 0.636. The van der Waals surface area contributed by atoms with Gasteiger partial charge in [0.25, 0.3) is 0 Å². The normalized spacial score (nSPS) is 21.4. The number of aryl methyl sites for hydroxylation is 1. The van der Waals surface area contributed by atoms with Gasteiger partial charge in [-0.05, 0) is 57.2 Å². The van der Waals surface area contributed by atoms with Crippen molar-refractivity contribution in [2.45, 2.75) is 64.5 Å². The van der Waals surface area contributed by atoms with Gasteiger partial charge in [-0.25, -0.2) is 0 Å². The first-order valence-corrected chi connectivity index (χ1v) is 10.0. The molecule has 0 bridgehead atoms. The summed E-state index contributed by atoms with van der Waals surface area (Å²) in [6.45, 7) is 6.43. The lowest BCUT2D eigenvalue weighted by atomic mass is 9.95. The maximum atomic E-state index is 6.09. The molecule has 2 fully saturated rings. The van der Waals surface area contributed by atoms with Gasteiger partial charge in [0.1, 0.15) is 0 Å². The molecule has 1 aromatic carbocycles. The van der Waals surface area contributed by atoms with Gasteiger partial charge in [-0.3, -0.25) is 9.89 Å². The van der Waals surface area contributed by atoms with E-state index in [1.165, 1.54) is 69.2 Å². The summed E-state index contributed by atoms with van der Waals surface area (Å²) >= 11 is 0. The predicted molar refractivity (Wildman–Crippen MR) is 106 cm³/mol. The number of nitrogens with two attached hydrogens (primary N) is 1. The Hall–Kier alpha value is -1.55. The minimum atomic E-state index is 0.550. The average Bonchev–Trinajstić information content (AvgIpc) is 2.64. The zero-order chi connectivity index (χ0) is 17.5. The van der Waals surface area contributed by atoms with Gasteiger partial charge in [0.15, 0.2) is 5.96 Å². The maximum Gasteiger partial charge on any atom is 0.188 e. The Kier molecular flexibility index (Phi) is 6.74. The SMILES string of the molecule is Cc1ccc(CN2CCC(CN=C(N)NC3CCCCC3)CC2)cc1. The number of hydrogen-bond acceptors (Lipinski definition) is 2. The highest BCUT2D eigenvalue weighted by molar-refractivity contribution is 5.78. The van der Waals surface area contributed by atoms with Crippen molar-refractivity contribution in [2.75, 3.05) is 19.6 Å². The molecule has 25 heavy (non-hydrogen) atoms. The largest absolute Gasteiger partial charge is 0.370 e. The van der Waals surface area contributed by atoms with E-state index in [0.29, 0.717) is 17.9 Å². The predicted octanol–water partition coefficient (Wildman–Crippen LogP) is 3.44. The van der Waals surface area contributed by atoms with Crippen LogP contribution in [0.15, 0.2) is 29.3 Å². The first kappa shape index (κ1) is 18.2. The Morgan fingerprint density at radius 1 is 1.08 bits per heavy atom. The third kappa shape index (κ3) is 6.03. The number of aliphatic imine (C=N–C) groups is 1. The monoisotopic (exact) mass is 342 g/mol. The molecule has 0 unspecified atom stereocenters. The molecule has 1 saturated carbocycles. The first-order chi connectivity index (χ1) is 12.2. The lowest BCUT2D eigenvalue weighted by molar-refractivity contribution is 0.180. The first-order valence-electron chi connectivity index (χ1n) is 10.0. The number of likely N-dealkylation sites (tertiary alicyclic amines) is 1. The molecule has 0 atom stereocenters. The topological polar surface area (TPSA) is 53.6 Å². The minimum Gasteiger partial charge on any atom is -0.370 e. The van der Waals surface area contributed by atoms with E-state index in [1.54, 1.807) is 0 Å². The van der Waals surface area contributed by atoms with Crippen molar-refractivity contribution >= 4 is 5.96 Å². The summed E-state index contributed by atoms with van der Waals surface area (Å²) in [5.74, 6) is 1.34. The maximum absolute atomic E-state index is 6.09. The Balaban J connectivity index is 1.37. The lowest BCUT2D eigenvalue weighted by Crippen LogP contribution is -2.41. The third-order valence-corrected chi connectivity index (χ3v) is 5.71. The summed E-state index contributed by atoms with van der Waals surface area (Å²) in [7, 11) is 0. The Morgan fingerprint density at radius 3 is 2.44 bits per heavy atom. The molecule has 1 heterocycles. The fraction of sp³-hybridized carbons (Fsp3) is 0.667. The van der Waals surface area contributed by atoms with Crippen LogP contribution < -0.4 is 11.1 Å². The van der Waals surface area contributed by atoms with E-state index < -0.39 is 0 Å². The highest BCUT2D eigenvalue weighted by atomic mass is 15.1. The number of nitrogens with one attached hydrogen (secondary N) is 1. The van der Waals surface area contributed by atoms with Gasteiger partial charge >= 0.3 is 0 Å². The van der Waals surface area contributed by atoms with Gasteiger partial charge in [-0.2, -0.15) is 0 Å². The highest BCUT2D eigenvalue weighted by Gasteiger charge is 2.19. The third-order valence-electron chi connectivity index (χ3n) is 5.71. The van der Waals surface area contributed by atoms with Crippen molar-refractivity contribution in [2.24, 2.45) is 16.6 Å². The van der Waals surface area contributed by atoms with Crippen LogP contribution in [0.4, 0.5) is 0 Å². The smallest absolute Gasteiger partial charge is 0.188 e. The van der Waals surface area contributed by atoms with Crippen molar-refractivity contribution in [1.29, 1.82) is 0 Å². The number of benzene rings is 1. The summed E-state index contributed by atoms with van der Waals surface area (Å²) in [6, 6.07) is 9.47. The van der Waals surface area contributed by atoms with Crippen LogP contribution in [-0.2, 0) is 6.54 Å². The molecular formula is C21H34N4. The van der Waals surface area contributed by atoms with Gasteiger partial charge in [0, 0.05) is 19.1 Å². The number of nitrogens with zero attached hydrogens (tertiary/aromatic N) is 2. The number of rotatable bonds is 5. The van der Waals surface area contributed by atoms with Crippen molar-refractivity contribution < 1.29 is 0 Å². The number of hydrogen-bond donors (Lipinski definition) is 2. The van der Waals surface area contributed by atoms with Crippen molar-refractivity contribution in [3.05, 3.63) is 35.4 Å². The second kappa shape index (κ2) is 9.23. The van der Waals surface area contributed by atoms with Gasteiger partial charge in [-0.15, -0.1) is 0 Å². The van der Waals surface area contributed by atoms with Crippen LogP contribution >= 0.6 is 0 Å². The Morgan fingerprint density at radius 2 is 1.76 bits per heavy atom. The second-order valence-electron chi connectivity index (χ2n) is 7.91. The molecule has 0 aromatic heterocycles. The highest BCUT2D eigenvalue weighted by Crippen LogP contribution is 2.20. The molecule has 1 aromatic rings. The fourth-order valence-corrected chi connectivity index (χ4v) is 4.01.